The van der Waals surface area contributed by atoms with E-state index in [0.717, 1.165) is 12.1 Å². The lowest BCUT2D eigenvalue weighted by atomic mass is 10.0. The van der Waals surface area contributed by atoms with Crippen molar-refractivity contribution >= 4 is 11.7 Å². The second-order valence-electron chi connectivity index (χ2n) is 5.11. The Bertz CT molecular complexity index is 440. The fraction of sp³-hybridized carbons (Fsp3) is 0.500. The number of aliphatic carboxylic acids is 1. The molecule has 3 heteroatoms. The summed E-state index contributed by atoms with van der Waals surface area (Å²) in [6, 6.07) is 6.51. The molecule has 0 aromatic heterocycles. The molecule has 0 fully saturated rings. The summed E-state index contributed by atoms with van der Waals surface area (Å²) in [5, 5.41) is 8.83. The average molecular weight is 233 g/mol. The van der Waals surface area contributed by atoms with Crippen LogP contribution < -0.4 is 4.90 Å². The van der Waals surface area contributed by atoms with Crippen LogP contribution in [-0.4, -0.2) is 23.7 Å². The van der Waals surface area contributed by atoms with E-state index in [1.54, 1.807) is 0 Å². The van der Waals surface area contributed by atoms with Crippen LogP contribution in [0, 0.1) is 0 Å². The van der Waals surface area contributed by atoms with E-state index in [1.165, 1.54) is 11.3 Å². The largest absolute Gasteiger partial charge is 0.481 e. The van der Waals surface area contributed by atoms with Crippen LogP contribution in [0.25, 0.3) is 0 Å². The molecule has 0 saturated heterocycles. The third-order valence-electron chi connectivity index (χ3n) is 3.38. The van der Waals surface area contributed by atoms with Crippen molar-refractivity contribution < 1.29 is 9.90 Å². The summed E-state index contributed by atoms with van der Waals surface area (Å²) in [6.45, 7) is 7.60. The maximum absolute atomic E-state index is 10.7. The highest BCUT2D eigenvalue weighted by atomic mass is 16.4. The lowest BCUT2D eigenvalue weighted by molar-refractivity contribution is -0.136. The number of carboxylic acid groups (broad SMARTS) is 1. The Morgan fingerprint density at radius 1 is 1.53 bits per heavy atom. The molecular weight excluding hydrogens is 214 g/mol. The van der Waals surface area contributed by atoms with Gasteiger partial charge in [0.1, 0.15) is 0 Å². The number of benzene rings is 1. The van der Waals surface area contributed by atoms with E-state index in [9.17, 15) is 4.79 Å². The van der Waals surface area contributed by atoms with Gasteiger partial charge in [0.2, 0.25) is 0 Å². The van der Waals surface area contributed by atoms with Gasteiger partial charge in [0, 0.05) is 24.2 Å². The maximum atomic E-state index is 10.7. The van der Waals surface area contributed by atoms with Crippen molar-refractivity contribution in [3.05, 3.63) is 29.3 Å². The first-order chi connectivity index (χ1) is 7.99. The molecule has 0 radical (unpaired) electrons. The van der Waals surface area contributed by atoms with E-state index in [-0.39, 0.29) is 6.42 Å². The van der Waals surface area contributed by atoms with Crippen LogP contribution in [0.3, 0.4) is 0 Å². The lowest BCUT2D eigenvalue weighted by Gasteiger charge is -2.24. The number of anilines is 1. The standard InChI is InChI=1S/C14H19NO2/c1-9(2)15-8-10(3)12-5-4-11(6-13(12)15)7-14(16)17/h4-6,9-10H,7-8H2,1-3H3,(H,16,17). The van der Waals surface area contributed by atoms with Crippen molar-refractivity contribution in [1.82, 2.24) is 0 Å². The van der Waals surface area contributed by atoms with Gasteiger partial charge in [-0.3, -0.25) is 4.79 Å². The quantitative estimate of drug-likeness (QED) is 0.872. The van der Waals surface area contributed by atoms with Crippen molar-refractivity contribution in [3.8, 4) is 0 Å². The van der Waals surface area contributed by atoms with E-state index in [0.29, 0.717) is 12.0 Å². The first-order valence-corrected chi connectivity index (χ1v) is 6.10. The fourth-order valence-corrected chi connectivity index (χ4v) is 2.52. The summed E-state index contributed by atoms with van der Waals surface area (Å²) in [4.78, 5) is 13.1. The van der Waals surface area contributed by atoms with E-state index in [2.05, 4.69) is 31.7 Å². The van der Waals surface area contributed by atoms with Crippen molar-refractivity contribution in [2.24, 2.45) is 0 Å². The van der Waals surface area contributed by atoms with E-state index in [1.807, 2.05) is 12.1 Å². The van der Waals surface area contributed by atoms with Gasteiger partial charge in [0.25, 0.3) is 0 Å². The Balaban J connectivity index is 2.36. The first kappa shape index (κ1) is 12.0. The summed E-state index contributed by atoms with van der Waals surface area (Å²) in [6.07, 6.45) is 0.105. The minimum absolute atomic E-state index is 0.105. The minimum Gasteiger partial charge on any atom is -0.481 e. The van der Waals surface area contributed by atoms with E-state index in [4.69, 9.17) is 5.11 Å². The Hall–Kier alpha value is -1.51. The van der Waals surface area contributed by atoms with Gasteiger partial charge >= 0.3 is 5.97 Å². The van der Waals surface area contributed by atoms with Crippen molar-refractivity contribution in [2.75, 3.05) is 11.4 Å². The molecule has 1 atom stereocenters. The lowest BCUT2D eigenvalue weighted by Crippen LogP contribution is -2.29. The second kappa shape index (κ2) is 4.40. The zero-order valence-electron chi connectivity index (χ0n) is 10.6. The average Bonchev–Trinajstić information content (AvgIpc) is 2.55. The molecule has 0 spiro atoms. The number of rotatable bonds is 3. The number of nitrogens with zero attached hydrogens (tertiary/aromatic N) is 1. The van der Waals surface area contributed by atoms with Crippen LogP contribution in [-0.2, 0) is 11.2 Å². The van der Waals surface area contributed by atoms with Crippen molar-refractivity contribution in [3.63, 3.8) is 0 Å². The van der Waals surface area contributed by atoms with Crippen LogP contribution in [0.4, 0.5) is 5.69 Å². The summed E-state index contributed by atoms with van der Waals surface area (Å²) >= 11 is 0. The summed E-state index contributed by atoms with van der Waals surface area (Å²) in [5.41, 5.74) is 3.44. The number of fused-ring (bicyclic) bond motifs is 1. The molecule has 2 rings (SSSR count). The number of carbonyl (C=O) groups is 1. The maximum Gasteiger partial charge on any atom is 0.307 e. The fourth-order valence-electron chi connectivity index (χ4n) is 2.52. The summed E-state index contributed by atoms with van der Waals surface area (Å²) < 4.78 is 0. The van der Waals surface area contributed by atoms with Crippen LogP contribution in [0.2, 0.25) is 0 Å². The Labute approximate surface area is 102 Å². The first-order valence-electron chi connectivity index (χ1n) is 6.10. The molecule has 92 valence electrons. The van der Waals surface area contributed by atoms with Crippen LogP contribution in [0.15, 0.2) is 18.2 Å². The zero-order chi connectivity index (χ0) is 12.6. The van der Waals surface area contributed by atoms with Gasteiger partial charge in [-0.2, -0.15) is 0 Å². The Morgan fingerprint density at radius 3 is 2.82 bits per heavy atom. The van der Waals surface area contributed by atoms with Gasteiger partial charge in [-0.25, -0.2) is 0 Å². The molecule has 1 aromatic rings. The highest BCUT2D eigenvalue weighted by Crippen LogP contribution is 2.37. The highest BCUT2D eigenvalue weighted by molar-refractivity contribution is 5.72. The van der Waals surface area contributed by atoms with Gasteiger partial charge < -0.3 is 10.0 Å². The summed E-state index contributed by atoms with van der Waals surface area (Å²) in [7, 11) is 0. The molecule has 1 aliphatic heterocycles. The Morgan fingerprint density at radius 2 is 2.24 bits per heavy atom. The predicted octanol–water partition coefficient (Wildman–Crippen LogP) is 2.65. The molecule has 1 N–H and O–H groups in total. The molecule has 0 amide bonds. The minimum atomic E-state index is -0.771. The van der Waals surface area contributed by atoms with Crippen LogP contribution >= 0.6 is 0 Å². The van der Waals surface area contributed by atoms with Gasteiger partial charge in [-0.15, -0.1) is 0 Å². The van der Waals surface area contributed by atoms with Crippen LogP contribution in [0.1, 0.15) is 37.8 Å². The molecule has 0 saturated carbocycles. The molecule has 3 nitrogen and oxygen atoms in total. The van der Waals surface area contributed by atoms with Gasteiger partial charge in [0.05, 0.1) is 6.42 Å². The normalized spacial score (nSPS) is 18.6. The molecular formula is C14H19NO2. The molecule has 1 unspecified atom stereocenters. The SMILES string of the molecule is CC1CN(C(C)C)c2cc(CC(=O)O)ccc21. The van der Waals surface area contributed by atoms with Crippen molar-refractivity contribution in [2.45, 2.75) is 39.2 Å². The zero-order valence-corrected chi connectivity index (χ0v) is 10.6. The molecule has 0 bridgehead atoms. The second-order valence-corrected chi connectivity index (χ2v) is 5.11. The predicted molar refractivity (Wildman–Crippen MR) is 68.7 cm³/mol. The topological polar surface area (TPSA) is 40.5 Å². The van der Waals surface area contributed by atoms with Gasteiger partial charge in [-0.05, 0) is 31.0 Å². The Kier molecular flexibility index (Phi) is 3.09. The number of carboxylic acids is 1. The number of hydrogen-bond donors (Lipinski definition) is 1. The molecule has 1 heterocycles. The monoisotopic (exact) mass is 233 g/mol. The molecule has 1 aliphatic rings. The van der Waals surface area contributed by atoms with Crippen molar-refractivity contribution in [1.29, 1.82) is 0 Å². The van der Waals surface area contributed by atoms with Gasteiger partial charge in [-0.1, -0.05) is 19.1 Å². The summed E-state index contributed by atoms with van der Waals surface area (Å²) in [5.74, 6) is -0.238. The smallest absolute Gasteiger partial charge is 0.307 e. The molecule has 1 aromatic carbocycles. The third kappa shape index (κ3) is 2.28. The van der Waals surface area contributed by atoms with Crippen LogP contribution in [0.5, 0.6) is 0 Å². The number of hydrogen-bond acceptors (Lipinski definition) is 2. The van der Waals surface area contributed by atoms with E-state index >= 15 is 0 Å². The van der Waals surface area contributed by atoms with Gasteiger partial charge in [0.15, 0.2) is 0 Å². The third-order valence-corrected chi connectivity index (χ3v) is 3.38. The van der Waals surface area contributed by atoms with E-state index < -0.39 is 5.97 Å². The highest BCUT2D eigenvalue weighted by Gasteiger charge is 2.27. The molecule has 0 aliphatic carbocycles. The molecule has 17 heavy (non-hydrogen) atoms.